The van der Waals surface area contributed by atoms with Crippen molar-refractivity contribution in [1.82, 2.24) is 24.1 Å². The Balaban J connectivity index is 1.16. The molecule has 8 aromatic carbocycles. The van der Waals surface area contributed by atoms with Gasteiger partial charge < -0.3 is 4.57 Å². The summed E-state index contributed by atoms with van der Waals surface area (Å²) in [5.74, 6) is 1.86. The van der Waals surface area contributed by atoms with Gasteiger partial charge in [-0.3, -0.25) is 4.57 Å². The van der Waals surface area contributed by atoms with Crippen molar-refractivity contribution in [3.63, 3.8) is 0 Å². The van der Waals surface area contributed by atoms with Crippen LogP contribution < -0.4 is 0 Å². The summed E-state index contributed by atoms with van der Waals surface area (Å²) in [5.41, 5.74) is 12.3. The lowest BCUT2D eigenvalue weighted by molar-refractivity contribution is 0.691. The Morgan fingerprint density at radius 3 is 1.69 bits per heavy atom. The normalized spacial score (nSPS) is 15.2. The molecule has 270 valence electrons. The van der Waals surface area contributed by atoms with Crippen LogP contribution in [0.5, 0.6) is 0 Å². The van der Waals surface area contributed by atoms with E-state index in [1.54, 1.807) is 0 Å². The topological polar surface area (TPSA) is 48.5 Å². The van der Waals surface area contributed by atoms with Crippen molar-refractivity contribution in [2.24, 2.45) is 0 Å². The largest absolute Gasteiger partial charge is 0.309 e. The van der Waals surface area contributed by atoms with E-state index in [1.807, 2.05) is 48.2 Å². The maximum atomic E-state index is 5.24. The van der Waals surface area contributed by atoms with Crippen LogP contribution in [0.2, 0.25) is 0 Å². The zero-order chi connectivity index (χ0) is 38.0. The molecule has 58 heavy (non-hydrogen) atoms. The Bertz CT molecular complexity index is 3440. The Morgan fingerprint density at radius 2 is 0.948 bits per heavy atom. The highest BCUT2D eigenvalue weighted by Gasteiger charge is 2.49. The zero-order valence-electron chi connectivity index (χ0n) is 31.0. The molecule has 1 unspecified atom stereocenters. The van der Waals surface area contributed by atoms with E-state index in [0.717, 1.165) is 32.9 Å². The first-order valence-electron chi connectivity index (χ1n) is 19.6. The number of nitrogens with zero attached hydrogens (tertiary/aromatic N) is 5. The second-order valence-electron chi connectivity index (χ2n) is 15.2. The molecule has 0 saturated carbocycles. The Kier molecular flexibility index (Phi) is 6.52. The Labute approximate surface area is 337 Å². The number of rotatable bonds is 3. The van der Waals surface area contributed by atoms with Crippen molar-refractivity contribution in [2.75, 3.05) is 0 Å². The fourth-order valence-corrected chi connectivity index (χ4v) is 11.1. The van der Waals surface area contributed by atoms with Crippen molar-refractivity contribution in [2.45, 2.75) is 15.2 Å². The summed E-state index contributed by atoms with van der Waals surface area (Å²) < 4.78 is 4.75. The van der Waals surface area contributed by atoms with Crippen LogP contribution in [0.25, 0.3) is 78.0 Å². The molecular weight excluding hydrogens is 727 g/mol. The number of benzene rings is 8. The second-order valence-corrected chi connectivity index (χ2v) is 16.2. The summed E-state index contributed by atoms with van der Waals surface area (Å²) in [4.78, 5) is 18.0. The monoisotopic (exact) mass is 757 g/mol. The third kappa shape index (κ3) is 4.19. The number of hydrogen-bond acceptors (Lipinski definition) is 4. The molecule has 0 bridgehead atoms. The van der Waals surface area contributed by atoms with Crippen molar-refractivity contribution in [3.8, 4) is 34.4 Å². The van der Waals surface area contributed by atoms with Crippen LogP contribution in [0.3, 0.4) is 0 Å². The van der Waals surface area contributed by atoms with Gasteiger partial charge in [0.2, 0.25) is 5.95 Å². The molecule has 2 aliphatic heterocycles. The van der Waals surface area contributed by atoms with Gasteiger partial charge in [-0.25, -0.2) is 4.98 Å². The van der Waals surface area contributed by atoms with Crippen molar-refractivity contribution >= 4 is 55.4 Å². The van der Waals surface area contributed by atoms with Crippen molar-refractivity contribution in [1.29, 1.82) is 0 Å². The quantitative estimate of drug-likeness (QED) is 0.180. The number of aromatic nitrogens is 5. The molecule has 1 spiro atoms. The fourth-order valence-electron chi connectivity index (χ4n) is 9.90. The predicted molar refractivity (Wildman–Crippen MR) is 235 cm³/mol. The molecule has 0 radical (unpaired) electrons. The van der Waals surface area contributed by atoms with Crippen molar-refractivity contribution in [3.05, 3.63) is 210 Å². The molecule has 0 amide bonds. The minimum Gasteiger partial charge on any atom is -0.309 e. The molecule has 3 aromatic heterocycles. The molecule has 1 atom stereocenters. The average Bonchev–Trinajstić information content (AvgIpc) is 3.81. The van der Waals surface area contributed by atoms with Crippen LogP contribution >= 0.6 is 11.8 Å². The van der Waals surface area contributed by atoms with Gasteiger partial charge in [-0.15, -0.1) is 0 Å². The average molecular weight is 758 g/mol. The molecule has 0 N–H and O–H groups in total. The molecule has 6 heteroatoms. The molecule has 5 heterocycles. The van der Waals surface area contributed by atoms with Crippen LogP contribution in [0, 0.1) is 0 Å². The highest BCUT2D eigenvalue weighted by molar-refractivity contribution is 7.99. The molecule has 2 aliphatic rings. The summed E-state index contributed by atoms with van der Waals surface area (Å²) >= 11 is 1.86. The summed E-state index contributed by atoms with van der Waals surface area (Å²) in [7, 11) is 0. The van der Waals surface area contributed by atoms with Gasteiger partial charge >= 0.3 is 0 Å². The van der Waals surface area contributed by atoms with E-state index in [4.69, 9.17) is 15.0 Å². The van der Waals surface area contributed by atoms with E-state index in [9.17, 15) is 0 Å². The number of fused-ring (bicyclic) bond motifs is 14. The summed E-state index contributed by atoms with van der Waals surface area (Å²) in [5, 5.41) is 4.85. The number of hydrogen-bond donors (Lipinski definition) is 0. The summed E-state index contributed by atoms with van der Waals surface area (Å²) in [6.07, 6.45) is 0. The van der Waals surface area contributed by atoms with Gasteiger partial charge in [-0.05, 0) is 58.7 Å². The molecule has 0 fully saturated rings. The fraction of sp³-hybridized carbons (Fsp3) is 0.0192. The van der Waals surface area contributed by atoms with Gasteiger partial charge in [0.1, 0.15) is 0 Å². The maximum Gasteiger partial charge on any atom is 0.238 e. The SMILES string of the molecule is c1ccc(-c2nc(-c3ccccc3)nc(-n3c4ccccc4c4cc5c(cc43)Sc3ccccc3C53c4ccccc4-n4c5ccccc5c5cccc3c54)n2)cc1. The first-order valence-corrected chi connectivity index (χ1v) is 20.4. The predicted octanol–water partition coefficient (Wildman–Crippen LogP) is 12.6. The maximum absolute atomic E-state index is 5.24. The lowest BCUT2D eigenvalue weighted by atomic mass is 9.62. The Morgan fingerprint density at radius 1 is 0.379 bits per heavy atom. The highest BCUT2D eigenvalue weighted by atomic mass is 32.2. The first-order chi connectivity index (χ1) is 28.8. The van der Waals surface area contributed by atoms with Gasteiger partial charge in [0.25, 0.3) is 0 Å². The third-order valence-corrected chi connectivity index (χ3v) is 13.4. The molecule has 0 saturated heterocycles. The molecule has 5 nitrogen and oxygen atoms in total. The lowest BCUT2D eigenvalue weighted by Gasteiger charge is -2.45. The minimum absolute atomic E-state index is 0.580. The van der Waals surface area contributed by atoms with E-state index < -0.39 is 5.41 Å². The van der Waals surface area contributed by atoms with Crippen LogP contribution in [0.1, 0.15) is 22.3 Å². The van der Waals surface area contributed by atoms with Gasteiger partial charge in [0, 0.05) is 42.5 Å². The second kappa shape index (κ2) is 11.9. The third-order valence-electron chi connectivity index (χ3n) is 12.2. The van der Waals surface area contributed by atoms with Crippen LogP contribution in [0.4, 0.5) is 0 Å². The van der Waals surface area contributed by atoms with Crippen LogP contribution in [0.15, 0.2) is 198 Å². The summed E-state index contributed by atoms with van der Waals surface area (Å²) in [6.45, 7) is 0. The van der Waals surface area contributed by atoms with Gasteiger partial charge in [0.05, 0.1) is 33.2 Å². The first kappa shape index (κ1) is 31.9. The van der Waals surface area contributed by atoms with E-state index in [0.29, 0.717) is 17.6 Å². The van der Waals surface area contributed by atoms with E-state index in [2.05, 4.69) is 161 Å². The Hall–Kier alpha value is -7.28. The molecule has 11 aromatic rings. The number of para-hydroxylation sites is 4. The molecule has 0 aliphatic carbocycles. The lowest BCUT2D eigenvalue weighted by Crippen LogP contribution is -2.37. The van der Waals surface area contributed by atoms with E-state index in [1.165, 1.54) is 59.5 Å². The van der Waals surface area contributed by atoms with Crippen LogP contribution in [-0.4, -0.2) is 24.1 Å². The zero-order valence-corrected chi connectivity index (χ0v) is 31.9. The van der Waals surface area contributed by atoms with E-state index >= 15 is 0 Å². The van der Waals surface area contributed by atoms with Gasteiger partial charge in [-0.2, -0.15) is 9.97 Å². The van der Waals surface area contributed by atoms with Crippen molar-refractivity contribution < 1.29 is 0 Å². The van der Waals surface area contributed by atoms with E-state index in [-0.39, 0.29) is 0 Å². The molecular formula is C52H31N5S. The minimum atomic E-state index is -0.580. The standard InChI is InChI=1S/C52H31N5S/c1-3-16-32(17-4-1)49-53-50(33-18-5-2-6-19-33)55-51(54-49)57-43-27-12-8-21-35(43)37-30-41-47(31-45(37)57)58-46-29-14-10-24-39(46)52(41)38-23-9-13-28-44(38)56-42-26-11-7-20-34(42)36-22-15-25-40(52)48(36)56/h1-31H. The summed E-state index contributed by atoms with van der Waals surface area (Å²) in [6, 6.07) is 67.8. The van der Waals surface area contributed by atoms with Gasteiger partial charge in [0.15, 0.2) is 11.6 Å². The highest BCUT2D eigenvalue weighted by Crippen LogP contribution is 2.61. The van der Waals surface area contributed by atoms with Gasteiger partial charge in [-0.1, -0.05) is 163 Å². The molecule has 13 rings (SSSR count). The smallest absolute Gasteiger partial charge is 0.238 e. The van der Waals surface area contributed by atoms with Crippen LogP contribution in [-0.2, 0) is 5.41 Å².